The van der Waals surface area contributed by atoms with Crippen LogP contribution in [0.2, 0.25) is 0 Å². The zero-order valence-electron chi connectivity index (χ0n) is 17.3. The number of hydrogen-bond acceptors (Lipinski definition) is 6. The number of aromatic carboxylic acids is 1. The highest BCUT2D eigenvalue weighted by Crippen LogP contribution is 2.33. The van der Waals surface area contributed by atoms with E-state index in [9.17, 15) is 19.2 Å². The summed E-state index contributed by atoms with van der Waals surface area (Å²) >= 11 is 0.782. The van der Waals surface area contributed by atoms with E-state index in [-0.39, 0.29) is 22.9 Å². The first-order valence-electron chi connectivity index (χ1n) is 10.4. The van der Waals surface area contributed by atoms with Crippen molar-refractivity contribution in [3.05, 3.63) is 52.6 Å². The normalized spacial score (nSPS) is 18.3. The molecule has 1 aromatic heterocycles. The van der Waals surface area contributed by atoms with Gasteiger partial charge >= 0.3 is 5.97 Å². The van der Waals surface area contributed by atoms with E-state index in [4.69, 9.17) is 9.52 Å². The van der Waals surface area contributed by atoms with Gasteiger partial charge in [0.1, 0.15) is 18.1 Å². The third kappa shape index (κ3) is 4.77. The molecule has 8 nitrogen and oxygen atoms in total. The molecule has 0 spiro atoms. The Kier molecular flexibility index (Phi) is 6.45. The lowest BCUT2D eigenvalue weighted by molar-refractivity contribution is -0.135. The van der Waals surface area contributed by atoms with E-state index in [2.05, 4.69) is 0 Å². The summed E-state index contributed by atoms with van der Waals surface area (Å²) in [6.07, 6.45) is 5.53. The number of nitrogens with zero attached hydrogens (tertiary/aromatic N) is 2. The van der Waals surface area contributed by atoms with Crippen molar-refractivity contribution in [1.29, 1.82) is 0 Å². The Labute approximate surface area is 188 Å². The summed E-state index contributed by atoms with van der Waals surface area (Å²) in [6.45, 7) is 1.07. The number of rotatable bonds is 5. The topological polar surface area (TPSA) is 108 Å². The van der Waals surface area contributed by atoms with Gasteiger partial charge in [0.25, 0.3) is 11.1 Å². The molecular formula is C23H22N2O6S. The van der Waals surface area contributed by atoms with Crippen LogP contribution >= 0.6 is 11.8 Å². The van der Waals surface area contributed by atoms with Crippen LogP contribution in [0.1, 0.15) is 41.8 Å². The molecule has 2 fully saturated rings. The lowest BCUT2D eigenvalue weighted by atomic mass is 10.1. The van der Waals surface area contributed by atoms with Crippen molar-refractivity contribution in [2.75, 3.05) is 19.6 Å². The Bertz CT molecular complexity index is 1080. The second-order valence-electron chi connectivity index (χ2n) is 7.65. The predicted molar refractivity (Wildman–Crippen MR) is 119 cm³/mol. The molecule has 1 N–H and O–H groups in total. The van der Waals surface area contributed by atoms with Gasteiger partial charge in [-0.05, 0) is 48.9 Å². The first-order valence-corrected chi connectivity index (χ1v) is 11.2. The summed E-state index contributed by atoms with van der Waals surface area (Å²) in [4.78, 5) is 51.6. The number of furan rings is 1. The maximum atomic E-state index is 12.7. The van der Waals surface area contributed by atoms with Crippen molar-refractivity contribution in [2.45, 2.75) is 25.7 Å². The molecule has 0 saturated carbocycles. The molecule has 3 amide bonds. The molecule has 32 heavy (non-hydrogen) atoms. The van der Waals surface area contributed by atoms with Crippen molar-refractivity contribution in [2.24, 2.45) is 0 Å². The summed E-state index contributed by atoms with van der Waals surface area (Å²) in [7, 11) is 0. The van der Waals surface area contributed by atoms with Crippen LogP contribution in [-0.4, -0.2) is 57.6 Å². The van der Waals surface area contributed by atoms with Gasteiger partial charge in [0.2, 0.25) is 5.91 Å². The number of thioether (sulfide) groups is 1. The molecule has 166 valence electrons. The van der Waals surface area contributed by atoms with E-state index in [0.29, 0.717) is 30.2 Å². The molecule has 9 heteroatoms. The predicted octanol–water partition coefficient (Wildman–Crippen LogP) is 4.08. The highest BCUT2D eigenvalue weighted by molar-refractivity contribution is 8.18. The fourth-order valence-corrected chi connectivity index (χ4v) is 4.50. The van der Waals surface area contributed by atoms with Crippen molar-refractivity contribution in [3.8, 4) is 11.3 Å². The smallest absolute Gasteiger partial charge is 0.335 e. The molecule has 2 aliphatic rings. The Morgan fingerprint density at radius 3 is 2.34 bits per heavy atom. The zero-order valence-corrected chi connectivity index (χ0v) is 18.1. The first kappa shape index (κ1) is 21.9. The number of hydrogen-bond donors (Lipinski definition) is 1. The molecule has 0 unspecified atom stereocenters. The van der Waals surface area contributed by atoms with E-state index in [1.165, 1.54) is 18.2 Å². The lowest BCUT2D eigenvalue weighted by Gasteiger charge is -2.22. The number of carbonyl (C=O) groups excluding carboxylic acids is 3. The van der Waals surface area contributed by atoms with E-state index >= 15 is 0 Å². The van der Waals surface area contributed by atoms with Gasteiger partial charge in [-0.25, -0.2) is 4.79 Å². The molecule has 1 aromatic carbocycles. The molecule has 0 bridgehead atoms. The highest BCUT2D eigenvalue weighted by Gasteiger charge is 2.37. The number of likely N-dealkylation sites (tertiary alicyclic amines) is 1. The van der Waals surface area contributed by atoms with Crippen LogP contribution in [0.5, 0.6) is 0 Å². The van der Waals surface area contributed by atoms with Crippen LogP contribution in [0, 0.1) is 0 Å². The quantitative estimate of drug-likeness (QED) is 0.678. The monoisotopic (exact) mass is 454 g/mol. The number of carboxylic acid groups (broad SMARTS) is 1. The SMILES string of the molecule is O=C(O)c1ccc(-c2ccc(C=C3SC(=O)N(CC(=O)N4CCCCCC4)C3=O)o2)cc1. The van der Waals surface area contributed by atoms with Crippen molar-refractivity contribution in [3.63, 3.8) is 0 Å². The maximum Gasteiger partial charge on any atom is 0.335 e. The van der Waals surface area contributed by atoms with Crippen LogP contribution in [0.15, 0.2) is 45.7 Å². The minimum atomic E-state index is -1.01. The summed E-state index contributed by atoms with van der Waals surface area (Å²) in [6, 6.07) is 9.59. The van der Waals surface area contributed by atoms with Crippen LogP contribution < -0.4 is 0 Å². The van der Waals surface area contributed by atoms with Gasteiger partial charge in [0.15, 0.2) is 0 Å². The third-order valence-corrected chi connectivity index (χ3v) is 6.35. The van der Waals surface area contributed by atoms with Crippen molar-refractivity contribution >= 4 is 40.9 Å². The maximum absolute atomic E-state index is 12.7. The fraction of sp³-hybridized carbons (Fsp3) is 0.304. The largest absolute Gasteiger partial charge is 0.478 e. The van der Waals surface area contributed by atoms with E-state index in [0.717, 1.165) is 42.3 Å². The molecule has 2 aromatic rings. The average Bonchev–Trinajstić information content (AvgIpc) is 3.21. The Balaban J connectivity index is 1.44. The zero-order chi connectivity index (χ0) is 22.7. The Morgan fingerprint density at radius 2 is 1.69 bits per heavy atom. The van der Waals surface area contributed by atoms with Gasteiger partial charge < -0.3 is 14.4 Å². The minimum Gasteiger partial charge on any atom is -0.478 e. The molecule has 2 saturated heterocycles. The van der Waals surface area contributed by atoms with Gasteiger partial charge in [-0.3, -0.25) is 19.3 Å². The number of benzene rings is 1. The second-order valence-corrected chi connectivity index (χ2v) is 8.64. The van der Waals surface area contributed by atoms with E-state index in [1.54, 1.807) is 29.2 Å². The highest BCUT2D eigenvalue weighted by atomic mass is 32.2. The molecule has 0 aliphatic carbocycles. The number of carboxylic acids is 1. The van der Waals surface area contributed by atoms with Gasteiger partial charge in [-0.15, -0.1) is 0 Å². The average molecular weight is 455 g/mol. The van der Waals surface area contributed by atoms with Crippen molar-refractivity contribution in [1.82, 2.24) is 9.80 Å². The third-order valence-electron chi connectivity index (χ3n) is 5.44. The van der Waals surface area contributed by atoms with Gasteiger partial charge in [0.05, 0.1) is 10.5 Å². The van der Waals surface area contributed by atoms with Crippen LogP contribution in [0.3, 0.4) is 0 Å². The number of carbonyl (C=O) groups is 4. The molecular weight excluding hydrogens is 432 g/mol. The molecule has 0 radical (unpaired) electrons. The number of imide groups is 1. The van der Waals surface area contributed by atoms with Crippen LogP contribution in [0.25, 0.3) is 17.4 Å². The summed E-state index contributed by atoms with van der Waals surface area (Å²) in [5, 5.41) is 8.53. The molecule has 2 aliphatic heterocycles. The minimum absolute atomic E-state index is 0.170. The fourth-order valence-electron chi connectivity index (χ4n) is 3.68. The second kappa shape index (κ2) is 9.44. The molecule has 0 atom stereocenters. The molecule has 3 heterocycles. The van der Waals surface area contributed by atoms with Crippen LogP contribution in [-0.2, 0) is 9.59 Å². The standard InChI is InChI=1S/C23H22N2O6S/c26-20(24-11-3-1-2-4-12-24)14-25-21(27)19(32-23(25)30)13-17-9-10-18(31-17)15-5-7-16(8-6-15)22(28)29/h5-10,13H,1-4,11-12,14H2,(H,28,29). The Hall–Kier alpha value is -3.33. The van der Waals surface area contributed by atoms with E-state index < -0.39 is 17.1 Å². The first-order chi connectivity index (χ1) is 15.4. The number of amides is 3. The van der Waals surface area contributed by atoms with Gasteiger partial charge in [-0.2, -0.15) is 0 Å². The molecule has 4 rings (SSSR count). The summed E-state index contributed by atoms with van der Waals surface area (Å²) < 4.78 is 5.75. The summed E-state index contributed by atoms with van der Waals surface area (Å²) in [5.74, 6) is -0.843. The van der Waals surface area contributed by atoms with Crippen molar-refractivity contribution < 1.29 is 28.7 Å². The van der Waals surface area contributed by atoms with Crippen LogP contribution in [0.4, 0.5) is 4.79 Å². The van der Waals surface area contributed by atoms with Gasteiger partial charge in [0, 0.05) is 24.7 Å². The summed E-state index contributed by atoms with van der Waals surface area (Å²) in [5.41, 5.74) is 0.856. The Morgan fingerprint density at radius 1 is 1.00 bits per heavy atom. The van der Waals surface area contributed by atoms with E-state index in [1.807, 2.05) is 0 Å². The van der Waals surface area contributed by atoms with Gasteiger partial charge in [-0.1, -0.05) is 25.0 Å². The lowest BCUT2D eigenvalue weighted by Crippen LogP contribution is -2.42.